The highest BCUT2D eigenvalue weighted by molar-refractivity contribution is 9.10. The number of guanidine groups is 1. The summed E-state index contributed by atoms with van der Waals surface area (Å²) in [7, 11) is 1.98. The van der Waals surface area contributed by atoms with E-state index in [-0.39, 0.29) is 6.04 Å². The summed E-state index contributed by atoms with van der Waals surface area (Å²) in [4.78, 5) is 4.68. The lowest BCUT2D eigenvalue weighted by Crippen LogP contribution is -2.43. The molecule has 1 unspecified atom stereocenters. The molecule has 1 aromatic heterocycles. The average molecular weight is 441 g/mol. The molecule has 0 fully saturated rings. The molecule has 142 valence electrons. The van der Waals surface area contributed by atoms with E-state index in [9.17, 15) is 0 Å². The first-order valence-electron chi connectivity index (χ1n) is 8.79. The van der Waals surface area contributed by atoms with Crippen molar-refractivity contribution in [3.05, 3.63) is 50.2 Å². The average Bonchev–Trinajstić information content (AvgIpc) is 2.80. The maximum atomic E-state index is 6.29. The summed E-state index contributed by atoms with van der Waals surface area (Å²) >= 11 is 9.72. The van der Waals surface area contributed by atoms with E-state index in [1.54, 1.807) is 0 Å². The van der Waals surface area contributed by atoms with Crippen molar-refractivity contribution in [2.45, 2.75) is 46.7 Å². The van der Waals surface area contributed by atoms with Gasteiger partial charge in [0.1, 0.15) is 0 Å². The van der Waals surface area contributed by atoms with Crippen LogP contribution < -0.4 is 10.6 Å². The van der Waals surface area contributed by atoms with Crippen LogP contribution in [0.1, 0.15) is 36.4 Å². The van der Waals surface area contributed by atoms with E-state index in [1.165, 1.54) is 11.3 Å². The van der Waals surface area contributed by atoms with Crippen LogP contribution >= 0.6 is 27.5 Å². The zero-order valence-electron chi connectivity index (χ0n) is 16.0. The zero-order chi connectivity index (χ0) is 19.3. The van der Waals surface area contributed by atoms with Gasteiger partial charge in [-0.3, -0.25) is 4.68 Å². The first-order chi connectivity index (χ1) is 12.3. The lowest BCUT2D eigenvalue weighted by Gasteiger charge is -2.18. The lowest BCUT2D eigenvalue weighted by molar-refractivity contribution is 0.636. The number of aryl methyl sites for hydroxylation is 2. The van der Waals surface area contributed by atoms with Crippen LogP contribution in [-0.2, 0) is 20.0 Å². The van der Waals surface area contributed by atoms with Crippen LogP contribution in [-0.4, -0.2) is 28.3 Å². The molecule has 0 amide bonds. The molecular weight excluding hydrogens is 414 g/mol. The minimum atomic E-state index is 0.231. The SMILES string of the molecule is CCNC(=NCc1ccc(Br)cc1Cl)NC(C)Cc1c(C)nn(C)c1C. The van der Waals surface area contributed by atoms with Gasteiger partial charge in [0, 0.05) is 34.8 Å². The molecule has 0 saturated heterocycles. The van der Waals surface area contributed by atoms with Crippen molar-refractivity contribution in [1.82, 2.24) is 20.4 Å². The summed E-state index contributed by atoms with van der Waals surface area (Å²) in [5.74, 6) is 0.790. The molecule has 0 spiro atoms. The van der Waals surface area contributed by atoms with Crippen LogP contribution in [0.15, 0.2) is 27.7 Å². The fraction of sp³-hybridized carbons (Fsp3) is 0.474. The van der Waals surface area contributed by atoms with E-state index in [1.807, 2.05) is 29.9 Å². The summed E-state index contributed by atoms with van der Waals surface area (Å²) in [5.41, 5.74) is 4.58. The predicted molar refractivity (Wildman–Crippen MR) is 113 cm³/mol. The Morgan fingerprint density at radius 1 is 1.38 bits per heavy atom. The van der Waals surface area contributed by atoms with Crippen molar-refractivity contribution in [3.8, 4) is 0 Å². The molecule has 0 aliphatic carbocycles. The molecule has 0 radical (unpaired) electrons. The highest BCUT2D eigenvalue weighted by Gasteiger charge is 2.14. The Balaban J connectivity index is 2.06. The monoisotopic (exact) mass is 439 g/mol. The number of nitrogens with one attached hydrogen (secondary N) is 2. The highest BCUT2D eigenvalue weighted by atomic mass is 79.9. The van der Waals surface area contributed by atoms with Gasteiger partial charge < -0.3 is 10.6 Å². The van der Waals surface area contributed by atoms with Crippen LogP contribution in [0.2, 0.25) is 5.02 Å². The Bertz CT molecular complexity index is 784. The van der Waals surface area contributed by atoms with Gasteiger partial charge in [0.2, 0.25) is 0 Å². The van der Waals surface area contributed by atoms with Gasteiger partial charge in [-0.05, 0) is 57.4 Å². The second kappa shape index (κ2) is 9.42. The quantitative estimate of drug-likeness (QED) is 0.524. The number of halogens is 2. The maximum Gasteiger partial charge on any atom is 0.191 e. The van der Waals surface area contributed by atoms with E-state index in [0.29, 0.717) is 11.6 Å². The van der Waals surface area contributed by atoms with Gasteiger partial charge in [0.15, 0.2) is 5.96 Å². The van der Waals surface area contributed by atoms with Gasteiger partial charge in [0.25, 0.3) is 0 Å². The topological polar surface area (TPSA) is 54.2 Å². The number of nitrogens with zero attached hydrogens (tertiary/aromatic N) is 3. The van der Waals surface area contributed by atoms with Crippen LogP contribution in [0.3, 0.4) is 0 Å². The van der Waals surface area contributed by atoms with Gasteiger partial charge in [-0.1, -0.05) is 33.6 Å². The van der Waals surface area contributed by atoms with Crippen LogP contribution in [0.5, 0.6) is 0 Å². The molecule has 1 atom stereocenters. The second-order valence-corrected chi connectivity index (χ2v) is 7.78. The zero-order valence-corrected chi connectivity index (χ0v) is 18.4. The summed E-state index contributed by atoms with van der Waals surface area (Å²) in [5, 5.41) is 12.0. The molecule has 1 heterocycles. The van der Waals surface area contributed by atoms with Crippen LogP contribution in [0, 0.1) is 13.8 Å². The smallest absolute Gasteiger partial charge is 0.191 e. The number of hydrogen-bond acceptors (Lipinski definition) is 2. The van der Waals surface area contributed by atoms with Crippen molar-refractivity contribution in [2.24, 2.45) is 12.0 Å². The Morgan fingerprint density at radius 3 is 2.69 bits per heavy atom. The maximum absolute atomic E-state index is 6.29. The first kappa shape index (κ1) is 20.8. The van der Waals surface area contributed by atoms with Crippen molar-refractivity contribution in [1.29, 1.82) is 0 Å². The molecule has 2 aromatic rings. The lowest BCUT2D eigenvalue weighted by atomic mass is 10.1. The Hall–Kier alpha value is -1.53. The molecule has 2 rings (SSSR count). The van der Waals surface area contributed by atoms with E-state index in [4.69, 9.17) is 11.6 Å². The van der Waals surface area contributed by atoms with Crippen LogP contribution in [0.25, 0.3) is 0 Å². The second-order valence-electron chi connectivity index (χ2n) is 6.45. The molecular formula is C19H27BrClN5. The molecule has 0 bridgehead atoms. The summed E-state index contributed by atoms with van der Waals surface area (Å²) in [6.45, 7) is 9.71. The number of benzene rings is 1. The first-order valence-corrected chi connectivity index (χ1v) is 9.96. The molecule has 0 aliphatic heterocycles. The number of aliphatic imine (C=N–C) groups is 1. The van der Waals surface area contributed by atoms with Gasteiger partial charge in [-0.2, -0.15) is 5.10 Å². The van der Waals surface area contributed by atoms with E-state index >= 15 is 0 Å². The van der Waals surface area contributed by atoms with Crippen molar-refractivity contribution >= 4 is 33.5 Å². The minimum Gasteiger partial charge on any atom is -0.357 e. The van der Waals surface area contributed by atoms with Crippen molar-refractivity contribution in [2.75, 3.05) is 6.54 Å². The van der Waals surface area contributed by atoms with Gasteiger partial charge in [0.05, 0.1) is 12.2 Å². The number of rotatable bonds is 6. The van der Waals surface area contributed by atoms with Crippen LogP contribution in [0.4, 0.5) is 0 Å². The molecule has 7 heteroatoms. The summed E-state index contributed by atoms with van der Waals surface area (Å²) < 4.78 is 2.91. The largest absolute Gasteiger partial charge is 0.357 e. The fourth-order valence-electron chi connectivity index (χ4n) is 2.84. The summed E-state index contributed by atoms with van der Waals surface area (Å²) in [6, 6.07) is 6.09. The molecule has 0 saturated carbocycles. The normalized spacial score (nSPS) is 13.0. The van der Waals surface area contributed by atoms with Gasteiger partial charge >= 0.3 is 0 Å². The fourth-order valence-corrected chi connectivity index (χ4v) is 3.57. The molecule has 0 aliphatic rings. The third-order valence-electron chi connectivity index (χ3n) is 4.32. The molecule has 5 nitrogen and oxygen atoms in total. The van der Waals surface area contributed by atoms with E-state index < -0.39 is 0 Å². The number of hydrogen-bond donors (Lipinski definition) is 2. The van der Waals surface area contributed by atoms with Crippen molar-refractivity contribution < 1.29 is 0 Å². The Kier molecular flexibility index (Phi) is 7.53. The third kappa shape index (κ3) is 5.48. The summed E-state index contributed by atoms with van der Waals surface area (Å²) in [6.07, 6.45) is 0.898. The van der Waals surface area contributed by atoms with Crippen molar-refractivity contribution in [3.63, 3.8) is 0 Å². The predicted octanol–water partition coefficient (Wildman–Crippen LogP) is 4.14. The van der Waals surface area contributed by atoms with Gasteiger partial charge in [-0.15, -0.1) is 0 Å². The van der Waals surface area contributed by atoms with E-state index in [0.717, 1.165) is 34.7 Å². The standard InChI is InChI=1S/C19H27BrClN5/c1-6-22-19(23-11-15-7-8-16(20)10-18(15)21)24-12(2)9-17-13(3)25-26(5)14(17)4/h7-8,10,12H,6,9,11H2,1-5H3,(H2,22,23,24). The number of aromatic nitrogens is 2. The molecule has 26 heavy (non-hydrogen) atoms. The molecule has 2 N–H and O–H groups in total. The van der Waals surface area contributed by atoms with E-state index in [2.05, 4.69) is 64.3 Å². The molecule has 1 aromatic carbocycles. The Morgan fingerprint density at radius 2 is 2.12 bits per heavy atom. The minimum absolute atomic E-state index is 0.231. The third-order valence-corrected chi connectivity index (χ3v) is 5.16. The highest BCUT2D eigenvalue weighted by Crippen LogP contribution is 2.22. The van der Waals surface area contributed by atoms with Gasteiger partial charge in [-0.25, -0.2) is 4.99 Å². The Labute approximate surface area is 169 Å².